The largest absolute Gasteiger partial charge is 0.477 e. The Morgan fingerprint density at radius 1 is 1.59 bits per heavy atom. The van der Waals surface area contributed by atoms with E-state index in [1.165, 1.54) is 0 Å². The summed E-state index contributed by atoms with van der Waals surface area (Å²) in [5.41, 5.74) is -0.786. The van der Waals surface area contributed by atoms with Crippen LogP contribution in [0.4, 0.5) is 8.78 Å². The molecule has 0 saturated heterocycles. The summed E-state index contributed by atoms with van der Waals surface area (Å²) in [6, 6.07) is 0.834. The Labute approximate surface area is 101 Å². The lowest BCUT2D eigenvalue weighted by Crippen LogP contribution is -2.25. The fourth-order valence-electron chi connectivity index (χ4n) is 1.03. The summed E-state index contributed by atoms with van der Waals surface area (Å²) in [7, 11) is 0. The molecular weight excluding hydrogens is 256 g/mol. The minimum atomic E-state index is -4.02. The van der Waals surface area contributed by atoms with Gasteiger partial charge in [-0.3, -0.25) is 0 Å². The van der Waals surface area contributed by atoms with Gasteiger partial charge in [0.1, 0.15) is 5.02 Å². The number of hydrogen-bond acceptors (Lipinski definition) is 3. The van der Waals surface area contributed by atoms with Crippen LogP contribution in [0.1, 0.15) is 19.4 Å². The van der Waals surface area contributed by atoms with Crippen molar-refractivity contribution in [1.29, 1.82) is 0 Å². The molecule has 1 rings (SSSR count). The molecule has 17 heavy (non-hydrogen) atoms. The number of nitrogens with zero attached hydrogens (tertiary/aromatic N) is 1. The first-order valence-corrected chi connectivity index (χ1v) is 5.07. The number of carboxylic acid groups (broad SMARTS) is 1. The molecule has 0 radical (unpaired) electrons. The van der Waals surface area contributed by atoms with Crippen molar-refractivity contribution in [3.8, 4) is 5.88 Å². The van der Waals surface area contributed by atoms with Crippen LogP contribution in [0.5, 0.6) is 5.88 Å². The van der Waals surface area contributed by atoms with Crippen LogP contribution >= 0.6 is 11.6 Å². The van der Waals surface area contributed by atoms with Gasteiger partial charge in [0.05, 0.1) is 11.7 Å². The topological polar surface area (TPSA) is 59.4 Å². The lowest BCUT2D eigenvalue weighted by Gasteiger charge is -2.14. The summed E-state index contributed by atoms with van der Waals surface area (Å²) in [6.07, 6.45) is 0.517. The summed E-state index contributed by atoms with van der Waals surface area (Å²) in [5, 5.41) is 8.19. The van der Waals surface area contributed by atoms with Crippen LogP contribution in [0.2, 0.25) is 5.02 Å². The smallest absolute Gasteiger partial charge is 0.379 e. The Hall–Kier alpha value is -1.43. The predicted octanol–water partition coefficient (Wildman–Crippen LogP) is 2.70. The minimum absolute atomic E-state index is 0.00777. The van der Waals surface area contributed by atoms with Gasteiger partial charge in [0.2, 0.25) is 5.88 Å². The minimum Gasteiger partial charge on any atom is -0.477 e. The molecule has 1 aromatic heterocycles. The molecule has 0 unspecified atom stereocenters. The molecule has 0 amide bonds. The van der Waals surface area contributed by atoms with Crippen LogP contribution < -0.4 is 4.74 Å². The number of aromatic nitrogens is 1. The van der Waals surface area contributed by atoms with Crippen LogP contribution in [0.3, 0.4) is 0 Å². The SMILES string of the molecule is CC(C)Oc1ncc(C(F)(F)C(=O)O)cc1Cl. The van der Waals surface area contributed by atoms with Crippen molar-refractivity contribution in [2.45, 2.75) is 25.9 Å². The molecule has 7 heteroatoms. The second-order valence-electron chi connectivity index (χ2n) is 3.56. The van der Waals surface area contributed by atoms with E-state index in [0.29, 0.717) is 0 Å². The maximum atomic E-state index is 13.1. The summed E-state index contributed by atoms with van der Waals surface area (Å²) < 4.78 is 31.4. The molecule has 4 nitrogen and oxygen atoms in total. The zero-order valence-corrected chi connectivity index (χ0v) is 9.83. The Balaban J connectivity index is 3.08. The molecule has 0 aromatic carbocycles. The van der Waals surface area contributed by atoms with Crippen molar-refractivity contribution < 1.29 is 23.4 Å². The van der Waals surface area contributed by atoms with Gasteiger partial charge in [0, 0.05) is 6.20 Å². The molecule has 1 aromatic rings. The number of alkyl halides is 2. The van der Waals surface area contributed by atoms with E-state index in [0.717, 1.165) is 12.3 Å². The first-order valence-electron chi connectivity index (χ1n) is 4.69. The van der Waals surface area contributed by atoms with E-state index < -0.39 is 17.5 Å². The number of carboxylic acids is 1. The van der Waals surface area contributed by atoms with Gasteiger partial charge < -0.3 is 9.84 Å². The summed E-state index contributed by atoms with van der Waals surface area (Å²) in [5.74, 6) is -6.29. The summed E-state index contributed by atoms with van der Waals surface area (Å²) >= 11 is 5.67. The molecule has 0 atom stereocenters. The van der Waals surface area contributed by atoms with Gasteiger partial charge in [-0.1, -0.05) is 11.6 Å². The zero-order valence-electron chi connectivity index (χ0n) is 9.08. The Kier molecular flexibility index (Phi) is 3.87. The number of halogens is 3. The predicted molar refractivity (Wildman–Crippen MR) is 56.5 cm³/mol. The quantitative estimate of drug-likeness (QED) is 0.909. The van der Waals surface area contributed by atoms with Crippen LogP contribution in [0, 0.1) is 0 Å². The first kappa shape index (κ1) is 13.6. The van der Waals surface area contributed by atoms with E-state index in [1.54, 1.807) is 13.8 Å². The van der Waals surface area contributed by atoms with Gasteiger partial charge in [-0.05, 0) is 19.9 Å². The molecule has 1 heterocycles. The first-order chi connectivity index (χ1) is 7.75. The average molecular weight is 266 g/mol. The standard InChI is InChI=1S/C10H10ClF2NO3/c1-5(2)17-8-7(11)3-6(4-14-8)10(12,13)9(15)16/h3-5H,1-2H3,(H,15,16). The molecule has 0 spiro atoms. The number of aliphatic carboxylic acids is 1. The molecule has 0 aliphatic rings. The zero-order chi connectivity index (χ0) is 13.2. The number of ether oxygens (including phenoxy) is 1. The van der Waals surface area contributed by atoms with Crippen molar-refractivity contribution >= 4 is 17.6 Å². The van der Waals surface area contributed by atoms with Crippen LogP contribution in [-0.4, -0.2) is 22.2 Å². The van der Waals surface area contributed by atoms with Crippen LogP contribution in [0.15, 0.2) is 12.3 Å². The van der Waals surface area contributed by atoms with E-state index in [4.69, 9.17) is 21.4 Å². The van der Waals surface area contributed by atoms with E-state index in [9.17, 15) is 13.6 Å². The second-order valence-corrected chi connectivity index (χ2v) is 3.96. The highest BCUT2D eigenvalue weighted by molar-refractivity contribution is 6.31. The van der Waals surface area contributed by atoms with Gasteiger partial charge in [-0.25, -0.2) is 9.78 Å². The van der Waals surface area contributed by atoms with Gasteiger partial charge >= 0.3 is 11.9 Å². The van der Waals surface area contributed by atoms with Crippen molar-refractivity contribution in [2.24, 2.45) is 0 Å². The summed E-state index contributed by atoms with van der Waals surface area (Å²) in [4.78, 5) is 13.9. The highest BCUT2D eigenvalue weighted by atomic mass is 35.5. The Bertz CT molecular complexity index is 438. The van der Waals surface area contributed by atoms with Crippen molar-refractivity contribution in [1.82, 2.24) is 4.98 Å². The van der Waals surface area contributed by atoms with Crippen molar-refractivity contribution in [3.05, 3.63) is 22.8 Å². The van der Waals surface area contributed by atoms with Gasteiger partial charge in [-0.15, -0.1) is 0 Å². The lowest BCUT2D eigenvalue weighted by atomic mass is 10.1. The Morgan fingerprint density at radius 3 is 2.59 bits per heavy atom. The average Bonchev–Trinajstić information content (AvgIpc) is 2.20. The molecule has 1 N–H and O–H groups in total. The lowest BCUT2D eigenvalue weighted by molar-refractivity contribution is -0.166. The highest BCUT2D eigenvalue weighted by Gasteiger charge is 2.41. The summed E-state index contributed by atoms with van der Waals surface area (Å²) in [6.45, 7) is 3.44. The normalized spacial score (nSPS) is 11.6. The van der Waals surface area contributed by atoms with Gasteiger partial charge in [0.15, 0.2) is 0 Å². The molecule has 0 aliphatic heterocycles. The van der Waals surface area contributed by atoms with E-state index in [-0.39, 0.29) is 17.0 Å². The highest BCUT2D eigenvalue weighted by Crippen LogP contribution is 2.32. The Morgan fingerprint density at radius 2 is 2.18 bits per heavy atom. The molecule has 94 valence electrons. The van der Waals surface area contributed by atoms with Crippen LogP contribution in [-0.2, 0) is 10.7 Å². The second kappa shape index (κ2) is 4.83. The fraction of sp³-hybridized carbons (Fsp3) is 0.400. The fourth-order valence-corrected chi connectivity index (χ4v) is 1.24. The molecule has 0 bridgehead atoms. The van der Waals surface area contributed by atoms with Gasteiger partial charge in [-0.2, -0.15) is 8.78 Å². The van der Waals surface area contributed by atoms with Crippen LogP contribution in [0.25, 0.3) is 0 Å². The number of carbonyl (C=O) groups is 1. The number of pyridine rings is 1. The molecule has 0 fully saturated rings. The molecular formula is C10H10ClF2NO3. The van der Waals surface area contributed by atoms with E-state index >= 15 is 0 Å². The third kappa shape index (κ3) is 3.03. The van der Waals surface area contributed by atoms with Crippen molar-refractivity contribution in [2.75, 3.05) is 0 Å². The van der Waals surface area contributed by atoms with Crippen molar-refractivity contribution in [3.63, 3.8) is 0 Å². The van der Waals surface area contributed by atoms with E-state index in [1.807, 2.05) is 0 Å². The monoisotopic (exact) mass is 265 g/mol. The third-order valence-electron chi connectivity index (χ3n) is 1.79. The van der Waals surface area contributed by atoms with E-state index in [2.05, 4.69) is 4.98 Å². The molecule has 0 saturated carbocycles. The number of rotatable bonds is 4. The maximum absolute atomic E-state index is 13.1. The number of hydrogen-bond donors (Lipinski definition) is 1. The molecule has 0 aliphatic carbocycles. The maximum Gasteiger partial charge on any atom is 0.379 e. The third-order valence-corrected chi connectivity index (χ3v) is 2.06. The van der Waals surface area contributed by atoms with Gasteiger partial charge in [0.25, 0.3) is 0 Å².